The van der Waals surface area contributed by atoms with Gasteiger partial charge in [0.1, 0.15) is 0 Å². The summed E-state index contributed by atoms with van der Waals surface area (Å²) in [5.41, 5.74) is 5.59. The van der Waals surface area contributed by atoms with Crippen LogP contribution in [0.15, 0.2) is 72.8 Å². The van der Waals surface area contributed by atoms with E-state index >= 15 is 0 Å². The Balaban J connectivity index is 1.64. The van der Waals surface area contributed by atoms with Gasteiger partial charge >= 0.3 is 0 Å². The second-order valence-corrected chi connectivity index (χ2v) is 6.31. The number of anilines is 3. The van der Waals surface area contributed by atoms with Gasteiger partial charge in [-0.2, -0.15) is 0 Å². The van der Waals surface area contributed by atoms with Crippen LogP contribution in [0.25, 0.3) is 0 Å². The van der Waals surface area contributed by atoms with E-state index in [4.69, 9.17) is 11.6 Å². The summed E-state index contributed by atoms with van der Waals surface area (Å²) in [4.78, 5) is 12.3. The van der Waals surface area contributed by atoms with Crippen LogP contribution < -0.4 is 10.6 Å². The smallest absolute Gasteiger partial charge is 0.255 e. The van der Waals surface area contributed by atoms with E-state index in [1.54, 1.807) is 12.1 Å². The molecule has 0 saturated heterocycles. The molecular weight excluding hydrogens is 344 g/mol. The molecule has 2 N–H and O–H groups in total. The number of aryl methyl sites for hydroxylation is 1. The van der Waals surface area contributed by atoms with Crippen LogP contribution in [0.4, 0.5) is 17.1 Å². The molecule has 0 atom stereocenters. The number of carbonyl (C=O) groups is 1. The lowest BCUT2D eigenvalue weighted by Gasteiger charge is -2.10. The summed E-state index contributed by atoms with van der Waals surface area (Å²) in [5.74, 6) is 0.244. The molecule has 0 radical (unpaired) electrons. The highest BCUT2D eigenvalue weighted by Gasteiger charge is 2.07. The SMILES string of the molecule is CCc1ccc(Nc2ccc(NC(=O)c3cccc(CCl)c3)cc2)cc1. The van der Waals surface area contributed by atoms with Crippen molar-refractivity contribution in [2.75, 3.05) is 10.6 Å². The van der Waals surface area contributed by atoms with Crippen molar-refractivity contribution in [1.29, 1.82) is 0 Å². The number of alkyl halides is 1. The third kappa shape index (κ3) is 4.64. The molecule has 3 aromatic carbocycles. The Hall–Kier alpha value is -2.78. The molecule has 132 valence electrons. The van der Waals surface area contributed by atoms with E-state index in [-0.39, 0.29) is 5.91 Å². The molecule has 0 aliphatic carbocycles. The molecule has 3 nitrogen and oxygen atoms in total. The summed E-state index contributed by atoms with van der Waals surface area (Å²) >= 11 is 5.83. The van der Waals surface area contributed by atoms with Crippen LogP contribution in [-0.4, -0.2) is 5.91 Å². The Morgan fingerprint density at radius 1 is 0.846 bits per heavy atom. The minimum absolute atomic E-state index is 0.146. The normalized spacial score (nSPS) is 10.4. The first-order chi connectivity index (χ1) is 12.7. The summed E-state index contributed by atoms with van der Waals surface area (Å²) in [6.07, 6.45) is 1.03. The minimum Gasteiger partial charge on any atom is -0.356 e. The lowest BCUT2D eigenvalue weighted by Crippen LogP contribution is -2.12. The van der Waals surface area contributed by atoms with E-state index < -0.39 is 0 Å². The van der Waals surface area contributed by atoms with Crippen LogP contribution in [0.2, 0.25) is 0 Å². The molecule has 3 aromatic rings. The van der Waals surface area contributed by atoms with E-state index in [1.807, 2.05) is 36.4 Å². The minimum atomic E-state index is -0.146. The molecule has 0 spiro atoms. The van der Waals surface area contributed by atoms with Gasteiger partial charge in [0.25, 0.3) is 5.91 Å². The van der Waals surface area contributed by atoms with Gasteiger partial charge in [-0.3, -0.25) is 4.79 Å². The molecule has 0 aliphatic rings. The number of halogens is 1. The maximum absolute atomic E-state index is 12.3. The van der Waals surface area contributed by atoms with Gasteiger partial charge in [-0.15, -0.1) is 11.6 Å². The monoisotopic (exact) mass is 364 g/mol. The number of nitrogens with one attached hydrogen (secondary N) is 2. The summed E-state index contributed by atoms with van der Waals surface area (Å²) < 4.78 is 0. The Kier molecular flexibility index (Phi) is 5.92. The van der Waals surface area contributed by atoms with Gasteiger partial charge in [0.2, 0.25) is 0 Å². The van der Waals surface area contributed by atoms with Gasteiger partial charge in [-0.1, -0.05) is 31.2 Å². The molecule has 0 aromatic heterocycles. The zero-order valence-electron chi connectivity index (χ0n) is 14.6. The summed E-state index contributed by atoms with van der Waals surface area (Å²) in [6.45, 7) is 2.14. The first kappa shape index (κ1) is 18.0. The Labute approximate surface area is 159 Å². The largest absolute Gasteiger partial charge is 0.356 e. The lowest BCUT2D eigenvalue weighted by molar-refractivity contribution is 0.102. The number of amides is 1. The average molecular weight is 365 g/mol. The first-order valence-electron chi connectivity index (χ1n) is 8.60. The average Bonchev–Trinajstić information content (AvgIpc) is 2.70. The van der Waals surface area contributed by atoms with Gasteiger partial charge in [0.15, 0.2) is 0 Å². The zero-order valence-corrected chi connectivity index (χ0v) is 15.4. The van der Waals surface area contributed by atoms with Gasteiger partial charge in [-0.25, -0.2) is 0 Å². The molecule has 4 heteroatoms. The highest BCUT2D eigenvalue weighted by Crippen LogP contribution is 2.20. The zero-order chi connectivity index (χ0) is 18.4. The molecule has 0 fully saturated rings. The van der Waals surface area contributed by atoms with Crippen molar-refractivity contribution in [3.8, 4) is 0 Å². The molecular formula is C22H21ClN2O. The van der Waals surface area contributed by atoms with E-state index in [1.165, 1.54) is 5.56 Å². The number of hydrogen-bond acceptors (Lipinski definition) is 2. The van der Waals surface area contributed by atoms with E-state index in [9.17, 15) is 4.79 Å². The third-order valence-corrected chi connectivity index (χ3v) is 4.45. The van der Waals surface area contributed by atoms with Crippen molar-refractivity contribution in [3.63, 3.8) is 0 Å². The number of rotatable bonds is 6. The molecule has 0 aliphatic heterocycles. The fourth-order valence-corrected chi connectivity index (χ4v) is 2.79. The summed E-state index contributed by atoms with van der Waals surface area (Å²) in [6, 6.07) is 23.3. The van der Waals surface area contributed by atoms with Crippen molar-refractivity contribution in [2.45, 2.75) is 19.2 Å². The maximum Gasteiger partial charge on any atom is 0.255 e. The van der Waals surface area contributed by atoms with E-state index in [0.29, 0.717) is 11.4 Å². The maximum atomic E-state index is 12.3. The Morgan fingerprint density at radius 3 is 2.08 bits per heavy atom. The highest BCUT2D eigenvalue weighted by molar-refractivity contribution is 6.17. The quantitative estimate of drug-likeness (QED) is 0.528. The summed E-state index contributed by atoms with van der Waals surface area (Å²) in [5, 5.41) is 6.26. The molecule has 0 saturated carbocycles. The fourth-order valence-electron chi connectivity index (χ4n) is 2.63. The lowest BCUT2D eigenvalue weighted by atomic mass is 10.1. The molecule has 26 heavy (non-hydrogen) atoms. The van der Waals surface area contributed by atoms with Crippen LogP contribution in [0.5, 0.6) is 0 Å². The van der Waals surface area contributed by atoms with Crippen LogP contribution in [0, 0.1) is 0 Å². The molecule has 3 rings (SSSR count). The second kappa shape index (κ2) is 8.54. The van der Waals surface area contributed by atoms with Crippen LogP contribution in [-0.2, 0) is 12.3 Å². The first-order valence-corrected chi connectivity index (χ1v) is 9.13. The fraction of sp³-hybridized carbons (Fsp3) is 0.136. The number of carbonyl (C=O) groups excluding carboxylic acids is 1. The van der Waals surface area contributed by atoms with Crippen molar-refractivity contribution in [3.05, 3.63) is 89.5 Å². The summed E-state index contributed by atoms with van der Waals surface area (Å²) in [7, 11) is 0. The van der Waals surface area contributed by atoms with Crippen LogP contribution in [0.1, 0.15) is 28.4 Å². The van der Waals surface area contributed by atoms with Crippen LogP contribution in [0.3, 0.4) is 0 Å². The predicted octanol–water partition coefficient (Wildman–Crippen LogP) is 5.98. The highest BCUT2D eigenvalue weighted by atomic mass is 35.5. The molecule has 1 amide bonds. The second-order valence-electron chi connectivity index (χ2n) is 6.04. The van der Waals surface area contributed by atoms with Gasteiger partial charge in [0.05, 0.1) is 0 Å². The predicted molar refractivity (Wildman–Crippen MR) is 109 cm³/mol. The van der Waals surface area contributed by atoms with E-state index in [2.05, 4.69) is 41.8 Å². The van der Waals surface area contributed by atoms with Crippen molar-refractivity contribution in [1.82, 2.24) is 0 Å². The molecule has 0 bridgehead atoms. The van der Waals surface area contributed by atoms with Crippen LogP contribution >= 0.6 is 11.6 Å². The Morgan fingerprint density at radius 2 is 1.46 bits per heavy atom. The molecule has 0 unspecified atom stereocenters. The van der Waals surface area contributed by atoms with Gasteiger partial charge in [0, 0.05) is 28.5 Å². The van der Waals surface area contributed by atoms with Crippen molar-refractivity contribution >= 4 is 34.6 Å². The number of benzene rings is 3. The third-order valence-electron chi connectivity index (χ3n) is 4.14. The van der Waals surface area contributed by atoms with E-state index in [0.717, 1.165) is 29.0 Å². The van der Waals surface area contributed by atoms with Crippen molar-refractivity contribution in [2.24, 2.45) is 0 Å². The topological polar surface area (TPSA) is 41.1 Å². The Bertz CT molecular complexity index is 873. The standard InChI is InChI=1S/C22H21ClN2O/c1-2-16-6-8-19(9-7-16)24-20-10-12-21(13-11-20)25-22(26)18-5-3-4-17(14-18)15-23/h3-14,24H,2,15H2,1H3,(H,25,26). The van der Waals surface area contributed by atoms with Crippen molar-refractivity contribution < 1.29 is 4.79 Å². The van der Waals surface area contributed by atoms with Gasteiger partial charge < -0.3 is 10.6 Å². The number of hydrogen-bond donors (Lipinski definition) is 2. The molecule has 0 heterocycles. The van der Waals surface area contributed by atoms with Gasteiger partial charge in [-0.05, 0) is 66.1 Å².